The van der Waals surface area contributed by atoms with Crippen molar-refractivity contribution in [3.8, 4) is 11.1 Å². The highest BCUT2D eigenvalue weighted by Crippen LogP contribution is 2.18. The number of nitrogens with zero attached hydrogens (tertiary/aromatic N) is 1. The Morgan fingerprint density at radius 1 is 1.00 bits per heavy atom. The van der Waals surface area contributed by atoms with Gasteiger partial charge in [-0.3, -0.25) is 4.98 Å². The quantitative estimate of drug-likeness (QED) is 0.817. The van der Waals surface area contributed by atoms with Crippen LogP contribution in [0.4, 0.5) is 0 Å². The number of aromatic nitrogens is 1. The van der Waals surface area contributed by atoms with Crippen LogP contribution < -0.4 is 0 Å². The van der Waals surface area contributed by atoms with Gasteiger partial charge < -0.3 is 5.11 Å². The Balaban J connectivity index is 2.22. The Morgan fingerprint density at radius 3 is 2.18 bits per heavy atom. The van der Waals surface area contributed by atoms with Crippen LogP contribution in [0.2, 0.25) is 0 Å². The third kappa shape index (κ3) is 3.01. The van der Waals surface area contributed by atoms with Crippen molar-refractivity contribution in [2.45, 2.75) is 0 Å². The first-order valence-electron chi connectivity index (χ1n) is 5.17. The molecule has 0 aliphatic carbocycles. The Labute approximate surface area is 99.1 Å². The van der Waals surface area contributed by atoms with Crippen LogP contribution in [0.5, 0.6) is 0 Å². The molecule has 0 aliphatic heterocycles. The Hall–Kier alpha value is -2.42. The average molecular weight is 225 g/mol. The third-order valence-electron chi connectivity index (χ3n) is 2.34. The molecule has 0 unspecified atom stereocenters. The first kappa shape index (κ1) is 11.1. The highest BCUT2D eigenvalue weighted by atomic mass is 16.4. The lowest BCUT2D eigenvalue weighted by molar-refractivity contribution is -0.131. The van der Waals surface area contributed by atoms with Gasteiger partial charge >= 0.3 is 5.97 Å². The van der Waals surface area contributed by atoms with E-state index in [1.54, 1.807) is 18.5 Å². The minimum absolute atomic E-state index is 0.866. The molecule has 1 heterocycles. The van der Waals surface area contributed by atoms with Gasteiger partial charge in [0.25, 0.3) is 0 Å². The summed E-state index contributed by atoms with van der Waals surface area (Å²) in [6.07, 6.45) is 6.18. The molecule has 1 N–H and O–H groups in total. The van der Waals surface area contributed by atoms with Crippen LogP contribution in [0, 0.1) is 0 Å². The summed E-state index contributed by atoms with van der Waals surface area (Å²) >= 11 is 0. The summed E-state index contributed by atoms with van der Waals surface area (Å²) in [5.41, 5.74) is 3.04. The van der Waals surface area contributed by atoms with Gasteiger partial charge in [0.2, 0.25) is 0 Å². The number of carboxylic acid groups (broad SMARTS) is 1. The molecule has 0 aliphatic rings. The minimum Gasteiger partial charge on any atom is -0.478 e. The largest absolute Gasteiger partial charge is 0.478 e. The molecule has 0 spiro atoms. The molecule has 2 aromatic rings. The molecule has 3 nitrogen and oxygen atoms in total. The van der Waals surface area contributed by atoms with E-state index in [2.05, 4.69) is 4.98 Å². The smallest absolute Gasteiger partial charge is 0.328 e. The molecule has 0 atom stereocenters. The van der Waals surface area contributed by atoms with Crippen molar-refractivity contribution in [3.63, 3.8) is 0 Å². The maximum absolute atomic E-state index is 10.4. The zero-order chi connectivity index (χ0) is 12.1. The molecule has 0 radical (unpaired) electrons. The van der Waals surface area contributed by atoms with Crippen molar-refractivity contribution >= 4 is 12.0 Å². The molecule has 0 saturated heterocycles. The van der Waals surface area contributed by atoms with E-state index in [-0.39, 0.29) is 0 Å². The van der Waals surface area contributed by atoms with Crippen molar-refractivity contribution in [2.24, 2.45) is 0 Å². The van der Waals surface area contributed by atoms with Crippen molar-refractivity contribution in [2.75, 3.05) is 0 Å². The zero-order valence-corrected chi connectivity index (χ0v) is 9.08. The fourth-order valence-electron chi connectivity index (χ4n) is 1.50. The Morgan fingerprint density at radius 2 is 1.59 bits per heavy atom. The Bertz CT molecular complexity index is 530. The predicted molar refractivity (Wildman–Crippen MR) is 66.3 cm³/mol. The van der Waals surface area contributed by atoms with Crippen molar-refractivity contribution < 1.29 is 9.90 Å². The summed E-state index contributed by atoms with van der Waals surface area (Å²) in [6.45, 7) is 0. The standard InChI is InChI=1S/C14H11NO2/c16-14(17)6-3-11-1-4-12(5-2-11)13-7-9-15-10-8-13/h1-10H,(H,16,17)/b6-3+. The maximum Gasteiger partial charge on any atom is 0.328 e. The number of rotatable bonds is 3. The number of hydrogen-bond acceptors (Lipinski definition) is 2. The predicted octanol–water partition coefficient (Wildman–Crippen LogP) is 2.85. The molecule has 17 heavy (non-hydrogen) atoms. The summed E-state index contributed by atoms with van der Waals surface area (Å²) in [4.78, 5) is 14.3. The lowest BCUT2D eigenvalue weighted by Crippen LogP contribution is -1.85. The van der Waals surface area contributed by atoms with Gasteiger partial charge in [0.05, 0.1) is 0 Å². The molecule has 84 valence electrons. The second-order valence-electron chi connectivity index (χ2n) is 3.53. The highest BCUT2D eigenvalue weighted by Gasteiger charge is 1.96. The molecule has 0 amide bonds. The third-order valence-corrected chi connectivity index (χ3v) is 2.34. The summed E-state index contributed by atoms with van der Waals surface area (Å²) in [5, 5.41) is 8.51. The number of benzene rings is 1. The second kappa shape index (κ2) is 5.07. The lowest BCUT2D eigenvalue weighted by atomic mass is 10.1. The van der Waals surface area contributed by atoms with E-state index in [4.69, 9.17) is 5.11 Å². The summed E-state index contributed by atoms with van der Waals surface area (Å²) in [5.74, 6) is -0.941. The molecule has 0 fully saturated rings. The number of hydrogen-bond donors (Lipinski definition) is 1. The molecule has 1 aromatic carbocycles. The number of carboxylic acids is 1. The van der Waals surface area contributed by atoms with E-state index in [9.17, 15) is 4.79 Å². The van der Waals surface area contributed by atoms with Gasteiger partial charge in [-0.2, -0.15) is 0 Å². The van der Waals surface area contributed by atoms with Gasteiger partial charge in [0, 0.05) is 18.5 Å². The van der Waals surface area contributed by atoms with Crippen LogP contribution in [0.1, 0.15) is 5.56 Å². The van der Waals surface area contributed by atoms with Gasteiger partial charge in [-0.05, 0) is 34.9 Å². The number of pyridine rings is 1. The summed E-state index contributed by atoms with van der Waals surface area (Å²) < 4.78 is 0. The van der Waals surface area contributed by atoms with Gasteiger partial charge in [-0.25, -0.2) is 4.79 Å². The van der Waals surface area contributed by atoms with E-state index < -0.39 is 5.97 Å². The second-order valence-corrected chi connectivity index (χ2v) is 3.53. The number of aliphatic carboxylic acids is 1. The van der Waals surface area contributed by atoms with Crippen LogP contribution in [0.15, 0.2) is 54.9 Å². The van der Waals surface area contributed by atoms with Crippen LogP contribution in [0.3, 0.4) is 0 Å². The van der Waals surface area contributed by atoms with E-state index in [1.165, 1.54) is 0 Å². The van der Waals surface area contributed by atoms with Gasteiger partial charge in [0.15, 0.2) is 0 Å². The molecular formula is C14H11NO2. The van der Waals surface area contributed by atoms with Gasteiger partial charge in [-0.1, -0.05) is 24.3 Å². The molecule has 2 rings (SSSR count). The van der Waals surface area contributed by atoms with Crippen LogP contribution in [-0.4, -0.2) is 16.1 Å². The highest BCUT2D eigenvalue weighted by molar-refractivity contribution is 5.85. The fourth-order valence-corrected chi connectivity index (χ4v) is 1.50. The first-order valence-corrected chi connectivity index (χ1v) is 5.17. The van der Waals surface area contributed by atoms with E-state index in [1.807, 2.05) is 36.4 Å². The van der Waals surface area contributed by atoms with Crippen LogP contribution in [0.25, 0.3) is 17.2 Å². The van der Waals surface area contributed by atoms with Gasteiger partial charge in [-0.15, -0.1) is 0 Å². The average Bonchev–Trinajstić information content (AvgIpc) is 2.38. The first-order chi connectivity index (χ1) is 8.25. The summed E-state index contributed by atoms with van der Waals surface area (Å²) in [6, 6.07) is 11.5. The zero-order valence-electron chi connectivity index (χ0n) is 9.08. The van der Waals surface area contributed by atoms with Crippen molar-refractivity contribution in [1.29, 1.82) is 0 Å². The minimum atomic E-state index is -0.941. The van der Waals surface area contributed by atoms with Crippen molar-refractivity contribution in [3.05, 3.63) is 60.4 Å². The van der Waals surface area contributed by atoms with Crippen LogP contribution in [-0.2, 0) is 4.79 Å². The summed E-state index contributed by atoms with van der Waals surface area (Å²) in [7, 11) is 0. The Kier molecular flexibility index (Phi) is 3.31. The van der Waals surface area contributed by atoms with E-state index in [0.717, 1.165) is 22.8 Å². The normalized spacial score (nSPS) is 10.6. The molecule has 3 heteroatoms. The molecule has 0 bridgehead atoms. The topological polar surface area (TPSA) is 50.2 Å². The lowest BCUT2D eigenvalue weighted by Gasteiger charge is -2.01. The van der Waals surface area contributed by atoms with Crippen LogP contribution >= 0.6 is 0 Å². The number of carbonyl (C=O) groups is 1. The maximum atomic E-state index is 10.4. The van der Waals surface area contributed by atoms with Crippen molar-refractivity contribution in [1.82, 2.24) is 4.98 Å². The van der Waals surface area contributed by atoms with Gasteiger partial charge in [0.1, 0.15) is 0 Å². The molecular weight excluding hydrogens is 214 g/mol. The van der Waals surface area contributed by atoms with E-state index in [0.29, 0.717) is 0 Å². The molecule has 1 aromatic heterocycles. The molecule has 0 saturated carbocycles. The van der Waals surface area contributed by atoms with E-state index >= 15 is 0 Å². The fraction of sp³-hybridized carbons (Fsp3) is 0. The monoisotopic (exact) mass is 225 g/mol. The SMILES string of the molecule is O=C(O)/C=C/c1ccc(-c2ccncc2)cc1.